The highest BCUT2D eigenvalue weighted by Gasteiger charge is 2.17. The summed E-state index contributed by atoms with van der Waals surface area (Å²) in [4.78, 5) is 14.4. The van der Waals surface area contributed by atoms with Crippen molar-refractivity contribution in [1.82, 2.24) is 10.2 Å². The molecule has 2 aromatic rings. The number of ether oxygens (including phenoxy) is 1. The van der Waals surface area contributed by atoms with E-state index in [1.807, 2.05) is 18.2 Å². The molecule has 0 aliphatic carbocycles. The first-order valence-electron chi connectivity index (χ1n) is 8.37. The molecule has 1 heterocycles. The third-order valence-electron chi connectivity index (χ3n) is 4.37. The van der Waals surface area contributed by atoms with Crippen molar-refractivity contribution in [3.8, 4) is 0 Å². The Kier molecular flexibility index (Phi) is 5.62. The number of amides is 1. The second-order valence-corrected chi connectivity index (χ2v) is 6.26. The SMILES string of the molecule is COCc1cccc(CNC(=O)CN2CCc3ccccc3C2)c1. The number of carbonyl (C=O) groups is 1. The largest absolute Gasteiger partial charge is 0.380 e. The summed E-state index contributed by atoms with van der Waals surface area (Å²) in [7, 11) is 1.69. The van der Waals surface area contributed by atoms with Crippen LogP contribution >= 0.6 is 0 Å². The summed E-state index contributed by atoms with van der Waals surface area (Å²) in [5.74, 6) is 0.0755. The molecular formula is C20H24N2O2. The van der Waals surface area contributed by atoms with Gasteiger partial charge in [-0.1, -0.05) is 48.5 Å². The average molecular weight is 324 g/mol. The Bertz CT molecular complexity index is 700. The van der Waals surface area contributed by atoms with Crippen molar-refractivity contribution in [2.24, 2.45) is 0 Å². The third-order valence-corrected chi connectivity index (χ3v) is 4.37. The van der Waals surface area contributed by atoms with E-state index in [-0.39, 0.29) is 5.91 Å². The number of methoxy groups -OCH3 is 1. The standard InChI is InChI=1S/C20H24N2O2/c1-24-15-17-6-4-5-16(11-17)12-21-20(23)14-22-10-9-18-7-2-3-8-19(18)13-22/h2-8,11H,9-10,12-15H2,1H3,(H,21,23). The van der Waals surface area contributed by atoms with E-state index in [4.69, 9.17) is 4.74 Å². The highest BCUT2D eigenvalue weighted by Crippen LogP contribution is 2.17. The van der Waals surface area contributed by atoms with Crippen molar-refractivity contribution in [3.05, 3.63) is 70.8 Å². The van der Waals surface area contributed by atoms with Crippen LogP contribution in [0, 0.1) is 0 Å². The molecule has 4 heteroatoms. The predicted octanol–water partition coefficient (Wildman–Crippen LogP) is 2.51. The first kappa shape index (κ1) is 16.7. The van der Waals surface area contributed by atoms with Gasteiger partial charge in [-0.15, -0.1) is 0 Å². The van der Waals surface area contributed by atoms with Crippen LogP contribution in [0.1, 0.15) is 22.3 Å². The van der Waals surface area contributed by atoms with E-state index < -0.39 is 0 Å². The fourth-order valence-corrected chi connectivity index (χ4v) is 3.14. The van der Waals surface area contributed by atoms with Crippen molar-refractivity contribution >= 4 is 5.91 Å². The Labute approximate surface area is 143 Å². The summed E-state index contributed by atoms with van der Waals surface area (Å²) in [6.45, 7) is 3.39. The number of rotatable bonds is 6. The van der Waals surface area contributed by atoms with Crippen molar-refractivity contribution in [2.45, 2.75) is 26.1 Å². The van der Waals surface area contributed by atoms with Gasteiger partial charge in [-0.25, -0.2) is 0 Å². The number of carbonyl (C=O) groups excluding carboxylic acids is 1. The summed E-state index contributed by atoms with van der Waals surface area (Å²) in [5.41, 5.74) is 4.96. The molecule has 0 spiro atoms. The first-order valence-corrected chi connectivity index (χ1v) is 8.37. The van der Waals surface area contributed by atoms with Crippen molar-refractivity contribution in [3.63, 3.8) is 0 Å². The molecule has 0 saturated heterocycles. The van der Waals surface area contributed by atoms with Crippen LogP contribution in [0.5, 0.6) is 0 Å². The van der Waals surface area contributed by atoms with E-state index in [0.29, 0.717) is 19.7 Å². The molecule has 0 bridgehead atoms. The van der Waals surface area contributed by atoms with E-state index in [0.717, 1.165) is 30.6 Å². The van der Waals surface area contributed by atoms with Crippen LogP contribution in [0.3, 0.4) is 0 Å². The van der Waals surface area contributed by atoms with Gasteiger partial charge in [0.05, 0.1) is 13.2 Å². The Morgan fingerprint density at radius 2 is 1.92 bits per heavy atom. The van der Waals surface area contributed by atoms with Crippen LogP contribution in [0.4, 0.5) is 0 Å². The second-order valence-electron chi connectivity index (χ2n) is 6.26. The van der Waals surface area contributed by atoms with E-state index in [1.165, 1.54) is 11.1 Å². The normalized spacial score (nSPS) is 14.2. The monoisotopic (exact) mass is 324 g/mol. The lowest BCUT2D eigenvalue weighted by atomic mass is 10.00. The highest BCUT2D eigenvalue weighted by atomic mass is 16.5. The number of hydrogen-bond donors (Lipinski definition) is 1. The molecule has 0 unspecified atom stereocenters. The number of fused-ring (bicyclic) bond motifs is 1. The van der Waals surface area contributed by atoms with Gasteiger partial charge < -0.3 is 10.1 Å². The Morgan fingerprint density at radius 1 is 1.12 bits per heavy atom. The summed E-state index contributed by atoms with van der Waals surface area (Å²) in [6, 6.07) is 16.6. The maximum absolute atomic E-state index is 12.2. The molecule has 24 heavy (non-hydrogen) atoms. The number of hydrogen-bond acceptors (Lipinski definition) is 3. The zero-order valence-corrected chi connectivity index (χ0v) is 14.1. The van der Waals surface area contributed by atoms with Crippen LogP contribution in [0.2, 0.25) is 0 Å². The number of nitrogens with one attached hydrogen (secondary N) is 1. The summed E-state index contributed by atoms with van der Waals surface area (Å²) < 4.78 is 5.14. The quantitative estimate of drug-likeness (QED) is 0.888. The van der Waals surface area contributed by atoms with Crippen LogP contribution in [0.15, 0.2) is 48.5 Å². The smallest absolute Gasteiger partial charge is 0.234 e. The van der Waals surface area contributed by atoms with Crippen LogP contribution in [-0.4, -0.2) is 31.0 Å². The molecule has 1 aliphatic rings. The van der Waals surface area contributed by atoms with Crippen molar-refractivity contribution in [2.75, 3.05) is 20.2 Å². The van der Waals surface area contributed by atoms with Gasteiger partial charge in [0, 0.05) is 26.7 Å². The van der Waals surface area contributed by atoms with E-state index in [9.17, 15) is 4.79 Å². The average Bonchev–Trinajstić information content (AvgIpc) is 2.61. The van der Waals surface area contributed by atoms with Gasteiger partial charge in [0.2, 0.25) is 5.91 Å². The van der Waals surface area contributed by atoms with E-state index >= 15 is 0 Å². The summed E-state index contributed by atoms with van der Waals surface area (Å²) in [5, 5.41) is 3.02. The van der Waals surface area contributed by atoms with Gasteiger partial charge >= 0.3 is 0 Å². The highest BCUT2D eigenvalue weighted by molar-refractivity contribution is 5.78. The molecule has 1 N–H and O–H groups in total. The predicted molar refractivity (Wildman–Crippen MR) is 94.4 cm³/mol. The Balaban J connectivity index is 1.49. The van der Waals surface area contributed by atoms with Gasteiger partial charge in [-0.2, -0.15) is 0 Å². The Morgan fingerprint density at radius 3 is 2.75 bits per heavy atom. The molecule has 3 rings (SSSR count). The van der Waals surface area contributed by atoms with E-state index in [1.54, 1.807) is 7.11 Å². The minimum atomic E-state index is 0.0755. The molecule has 0 aromatic heterocycles. The van der Waals surface area contributed by atoms with E-state index in [2.05, 4.69) is 40.5 Å². The molecule has 0 fully saturated rings. The van der Waals surface area contributed by atoms with Gasteiger partial charge in [-0.05, 0) is 28.7 Å². The molecule has 0 radical (unpaired) electrons. The van der Waals surface area contributed by atoms with Gasteiger partial charge in [-0.3, -0.25) is 9.69 Å². The molecule has 4 nitrogen and oxygen atoms in total. The topological polar surface area (TPSA) is 41.6 Å². The van der Waals surface area contributed by atoms with Crippen molar-refractivity contribution < 1.29 is 9.53 Å². The summed E-state index contributed by atoms with van der Waals surface area (Å²) >= 11 is 0. The fourth-order valence-electron chi connectivity index (χ4n) is 3.14. The lowest BCUT2D eigenvalue weighted by molar-refractivity contribution is -0.122. The summed E-state index contributed by atoms with van der Waals surface area (Å²) in [6.07, 6.45) is 1.02. The van der Waals surface area contributed by atoms with Crippen LogP contribution in [-0.2, 0) is 35.6 Å². The van der Waals surface area contributed by atoms with Crippen molar-refractivity contribution in [1.29, 1.82) is 0 Å². The molecular weight excluding hydrogens is 300 g/mol. The third kappa shape index (κ3) is 4.43. The number of nitrogens with zero attached hydrogens (tertiary/aromatic N) is 1. The lowest BCUT2D eigenvalue weighted by Gasteiger charge is -2.28. The first-order chi connectivity index (χ1) is 11.7. The molecule has 0 saturated carbocycles. The second kappa shape index (κ2) is 8.08. The Hall–Kier alpha value is -2.17. The lowest BCUT2D eigenvalue weighted by Crippen LogP contribution is -2.39. The van der Waals surface area contributed by atoms with Crippen LogP contribution < -0.4 is 5.32 Å². The number of benzene rings is 2. The maximum Gasteiger partial charge on any atom is 0.234 e. The zero-order valence-electron chi connectivity index (χ0n) is 14.1. The van der Waals surface area contributed by atoms with Gasteiger partial charge in [0.1, 0.15) is 0 Å². The molecule has 0 atom stereocenters. The minimum Gasteiger partial charge on any atom is -0.380 e. The maximum atomic E-state index is 12.2. The minimum absolute atomic E-state index is 0.0755. The molecule has 1 aliphatic heterocycles. The molecule has 2 aromatic carbocycles. The van der Waals surface area contributed by atoms with Gasteiger partial charge in [0.25, 0.3) is 0 Å². The zero-order chi connectivity index (χ0) is 16.8. The molecule has 126 valence electrons. The van der Waals surface area contributed by atoms with Crippen LogP contribution in [0.25, 0.3) is 0 Å². The molecule has 1 amide bonds. The van der Waals surface area contributed by atoms with Gasteiger partial charge in [0.15, 0.2) is 0 Å². The fraction of sp³-hybridized carbons (Fsp3) is 0.350.